The Balaban J connectivity index is 1.41. The van der Waals surface area contributed by atoms with Gasteiger partial charge in [-0.25, -0.2) is 10.3 Å². The maximum absolute atomic E-state index is 6.36. The van der Waals surface area contributed by atoms with Gasteiger partial charge in [0.2, 0.25) is 0 Å². The second-order valence-corrected chi connectivity index (χ2v) is 14.3. The zero-order valence-electron chi connectivity index (χ0n) is 29.0. The number of rotatable bonds is 4. The molecule has 0 saturated carbocycles. The van der Waals surface area contributed by atoms with Gasteiger partial charge < -0.3 is 17.8 Å². The summed E-state index contributed by atoms with van der Waals surface area (Å²) in [5.41, 5.74) is 8.64. The second kappa shape index (κ2) is 15.1. The fraction of sp³-hybridized carbons (Fsp3) is 0. The number of hydrogen-bond acceptors (Lipinski definition) is 4. The normalized spacial score (nSPS) is 11.0. The van der Waals surface area contributed by atoms with Crippen molar-refractivity contribution >= 4 is 65.2 Å². The highest BCUT2D eigenvalue weighted by atomic mass is 32.1. The summed E-state index contributed by atoms with van der Waals surface area (Å²) in [4.78, 5) is 0. The first-order valence-electron chi connectivity index (χ1n) is 17.6. The average molecular weight is 739 g/mol. The Labute approximate surface area is 318 Å². The maximum Gasteiger partial charge on any atom is 0.162 e. The highest BCUT2D eigenvalue weighted by Crippen LogP contribution is 2.44. The van der Waals surface area contributed by atoms with Crippen LogP contribution in [-0.4, -0.2) is 19.1 Å². The Hall–Kier alpha value is -6.74. The van der Waals surface area contributed by atoms with E-state index < -0.39 is 0 Å². The Morgan fingerprint density at radius 1 is 0.315 bits per heavy atom. The van der Waals surface area contributed by atoms with Crippen LogP contribution < -0.4 is 0 Å². The Morgan fingerprint density at radius 2 is 0.704 bits per heavy atom. The molecular weight excluding hydrogens is 705 g/mol. The number of nitrogens with one attached hydrogen (secondary N) is 4. The third-order valence-electron chi connectivity index (χ3n) is 9.24. The molecule has 0 fully saturated rings. The molecule has 5 aromatic carbocycles. The van der Waals surface area contributed by atoms with Crippen molar-refractivity contribution < 1.29 is 9.05 Å². The fourth-order valence-corrected chi connectivity index (χ4v) is 8.17. The molecule has 4 heterocycles. The van der Waals surface area contributed by atoms with Crippen molar-refractivity contribution in [2.75, 3.05) is 0 Å². The van der Waals surface area contributed by atoms with E-state index in [0.29, 0.717) is 0 Å². The van der Waals surface area contributed by atoms with Crippen LogP contribution in [0.5, 0.6) is 0 Å². The van der Waals surface area contributed by atoms with E-state index in [1.54, 1.807) is 23.1 Å². The SMILES string of the molecule is c1ccc2o[nH]c(-c3ccc(-c4cccc5ccccc5s[nH]4)c(-c4cccc5ccccc5s[nH]4)c3-c3cccc4ccccc4o[nH]3)cccc2c1. The number of fused-ring (bicyclic) bond motifs is 4. The van der Waals surface area contributed by atoms with Crippen LogP contribution in [0.3, 0.4) is 0 Å². The molecule has 4 aromatic heterocycles. The molecule has 0 aliphatic rings. The minimum Gasteiger partial charge on any atom is -0.382 e. The van der Waals surface area contributed by atoms with Crippen LogP contribution in [0.1, 0.15) is 0 Å². The number of aromatic amines is 4. The average Bonchev–Trinajstić information content (AvgIpc) is 3.16. The zero-order valence-corrected chi connectivity index (χ0v) is 30.6. The molecule has 0 bridgehead atoms. The van der Waals surface area contributed by atoms with Crippen LogP contribution in [0.2, 0.25) is 0 Å². The highest BCUT2D eigenvalue weighted by molar-refractivity contribution is 7.13. The van der Waals surface area contributed by atoms with Crippen LogP contribution in [0.25, 0.3) is 87.1 Å². The molecule has 0 aliphatic heterocycles. The molecule has 9 aromatic rings. The van der Waals surface area contributed by atoms with E-state index in [2.05, 4.69) is 140 Å². The molecule has 4 N–H and O–H groups in total. The number of para-hydroxylation sites is 2. The molecule has 0 radical (unpaired) electrons. The predicted molar refractivity (Wildman–Crippen MR) is 226 cm³/mol. The zero-order chi connectivity index (χ0) is 36.1. The first-order valence-corrected chi connectivity index (χ1v) is 19.2. The molecule has 0 atom stereocenters. The van der Waals surface area contributed by atoms with E-state index in [0.717, 1.165) is 87.1 Å². The third kappa shape index (κ3) is 6.79. The van der Waals surface area contributed by atoms with Gasteiger partial charge in [0, 0.05) is 33.0 Å². The van der Waals surface area contributed by atoms with Crippen molar-refractivity contribution in [1.82, 2.24) is 19.1 Å². The monoisotopic (exact) mass is 738 g/mol. The summed E-state index contributed by atoms with van der Waals surface area (Å²) in [6.45, 7) is 0. The van der Waals surface area contributed by atoms with Gasteiger partial charge in [-0.2, -0.15) is 0 Å². The van der Waals surface area contributed by atoms with Gasteiger partial charge in [-0.1, -0.05) is 157 Å². The lowest BCUT2D eigenvalue weighted by atomic mass is 9.89. The number of hydrogen-bond donors (Lipinski definition) is 4. The van der Waals surface area contributed by atoms with Crippen molar-refractivity contribution in [1.29, 1.82) is 0 Å². The summed E-state index contributed by atoms with van der Waals surface area (Å²) in [5.74, 6) is 0. The summed E-state index contributed by atoms with van der Waals surface area (Å²) in [6.07, 6.45) is 0. The van der Waals surface area contributed by atoms with Crippen LogP contribution >= 0.6 is 23.1 Å². The number of aromatic nitrogens is 4. The molecule has 0 unspecified atom stereocenters. The van der Waals surface area contributed by atoms with Crippen LogP contribution in [-0.2, 0) is 0 Å². The van der Waals surface area contributed by atoms with Gasteiger partial charge in [-0.15, -0.1) is 0 Å². The standard InChI is InChI=1S/C46H34N4O2S2/c1-5-25-41-31(13-1)17-9-21-37(47-51-41)35-29-30-36(38-22-11-19-33-15-3-7-27-43(33)53-49-38)46(40-24-12-20-34-16-4-8-28-44(34)54-50-40)45(35)39-23-10-18-32-14-2-6-26-42(32)52-48-39/h1-30,47-50H. The van der Waals surface area contributed by atoms with Crippen LogP contribution in [0, 0.1) is 0 Å². The highest BCUT2D eigenvalue weighted by Gasteiger charge is 2.21. The largest absolute Gasteiger partial charge is 0.382 e. The van der Waals surface area contributed by atoms with Crippen LogP contribution in [0.15, 0.2) is 191 Å². The summed E-state index contributed by atoms with van der Waals surface area (Å²) < 4.78 is 22.4. The van der Waals surface area contributed by atoms with E-state index >= 15 is 0 Å². The van der Waals surface area contributed by atoms with E-state index in [-0.39, 0.29) is 0 Å². The lowest BCUT2D eigenvalue weighted by Gasteiger charge is -2.18. The second-order valence-electron chi connectivity index (χ2n) is 12.6. The molecule has 6 nitrogen and oxygen atoms in total. The predicted octanol–water partition coefficient (Wildman–Crippen LogP) is 14.1. The molecular formula is C46H34N4O2S2. The molecule has 0 saturated heterocycles. The van der Waals surface area contributed by atoms with Crippen LogP contribution in [0.4, 0.5) is 0 Å². The molecule has 0 spiro atoms. The quantitative estimate of drug-likeness (QED) is 0.145. The third-order valence-corrected chi connectivity index (χ3v) is 11.1. The van der Waals surface area contributed by atoms with Crippen molar-refractivity contribution in [3.8, 4) is 45.0 Å². The van der Waals surface area contributed by atoms with Gasteiger partial charge in [0.25, 0.3) is 0 Å². The number of H-pyrrole nitrogens is 4. The Morgan fingerprint density at radius 3 is 1.31 bits per heavy atom. The molecule has 54 heavy (non-hydrogen) atoms. The van der Waals surface area contributed by atoms with Crippen molar-refractivity contribution in [2.45, 2.75) is 0 Å². The van der Waals surface area contributed by atoms with Crippen molar-refractivity contribution in [3.63, 3.8) is 0 Å². The minimum absolute atomic E-state index is 0.729. The first-order chi connectivity index (χ1) is 26.8. The maximum atomic E-state index is 6.36. The van der Waals surface area contributed by atoms with Crippen molar-refractivity contribution in [3.05, 3.63) is 182 Å². The summed E-state index contributed by atoms with van der Waals surface area (Å²) in [6, 6.07) is 62.2. The van der Waals surface area contributed by atoms with Gasteiger partial charge >= 0.3 is 0 Å². The van der Waals surface area contributed by atoms with Gasteiger partial charge in [-0.05, 0) is 59.3 Å². The first kappa shape index (κ1) is 33.1. The summed E-state index contributed by atoms with van der Waals surface area (Å²) >= 11 is 3.20. The molecule has 262 valence electrons. The Bertz CT molecular complexity index is 2790. The van der Waals surface area contributed by atoms with Gasteiger partial charge in [0.05, 0.1) is 32.2 Å². The lowest BCUT2D eigenvalue weighted by molar-refractivity contribution is 0.447. The van der Waals surface area contributed by atoms with Crippen molar-refractivity contribution in [2.24, 2.45) is 0 Å². The van der Waals surface area contributed by atoms with E-state index in [1.165, 1.54) is 0 Å². The molecule has 0 amide bonds. The molecule has 0 aliphatic carbocycles. The lowest BCUT2D eigenvalue weighted by Crippen LogP contribution is -1.97. The van der Waals surface area contributed by atoms with Gasteiger partial charge in [-0.3, -0.25) is 0 Å². The fourth-order valence-electron chi connectivity index (χ4n) is 6.58. The minimum atomic E-state index is 0.729. The summed E-state index contributed by atoms with van der Waals surface area (Å²) in [7, 11) is 0. The number of benzene rings is 5. The van der Waals surface area contributed by atoms with Gasteiger partial charge in [0.15, 0.2) is 11.2 Å². The molecule has 9 rings (SSSR count). The topological polar surface area (TPSA) is 89.4 Å². The van der Waals surface area contributed by atoms with E-state index in [1.807, 2.05) is 60.7 Å². The Kier molecular flexibility index (Phi) is 9.25. The smallest absolute Gasteiger partial charge is 0.162 e. The van der Waals surface area contributed by atoms with Gasteiger partial charge in [0.1, 0.15) is 0 Å². The van der Waals surface area contributed by atoms with E-state index in [4.69, 9.17) is 9.05 Å². The van der Waals surface area contributed by atoms with E-state index in [9.17, 15) is 0 Å². The summed E-state index contributed by atoms with van der Waals surface area (Å²) in [5, 5.41) is 10.9. The molecule has 8 heteroatoms.